The van der Waals surface area contributed by atoms with E-state index in [4.69, 9.17) is 9.72 Å². The largest absolute Gasteiger partial charge is 0.508 e. The predicted molar refractivity (Wildman–Crippen MR) is 160 cm³/mol. The maximum absolute atomic E-state index is 16.9. The quantitative estimate of drug-likeness (QED) is 0.363. The third kappa shape index (κ3) is 4.11. The van der Waals surface area contributed by atoms with Gasteiger partial charge in [0.1, 0.15) is 35.2 Å². The molecule has 0 radical (unpaired) electrons. The molecule has 0 spiro atoms. The molecule has 4 aliphatic heterocycles. The molecule has 6 heterocycles. The lowest BCUT2D eigenvalue weighted by molar-refractivity contribution is 0.107. The number of pyridine rings is 1. The van der Waals surface area contributed by atoms with Crippen molar-refractivity contribution in [3.05, 3.63) is 52.6 Å². The molecule has 224 valence electrons. The van der Waals surface area contributed by atoms with Gasteiger partial charge in [-0.05, 0) is 55.1 Å². The molecule has 2 bridgehead atoms. The predicted octanol–water partition coefficient (Wildman–Crippen LogP) is 3.89. The summed E-state index contributed by atoms with van der Waals surface area (Å²) >= 11 is 0. The second kappa shape index (κ2) is 9.85. The molecule has 0 saturated carbocycles. The average molecular weight is 589 g/mol. The van der Waals surface area contributed by atoms with Crippen LogP contribution in [0.1, 0.15) is 32.1 Å². The number of rotatable bonds is 5. The van der Waals surface area contributed by atoms with E-state index in [1.54, 1.807) is 13.1 Å². The summed E-state index contributed by atoms with van der Waals surface area (Å²) in [6, 6.07) is 10.6. The van der Waals surface area contributed by atoms with Crippen molar-refractivity contribution in [2.45, 2.75) is 55.9 Å². The number of piperazine rings is 1. The minimum Gasteiger partial charge on any atom is -0.508 e. The van der Waals surface area contributed by atoms with Gasteiger partial charge >= 0.3 is 6.01 Å². The number of aromatic hydroxyl groups is 1. The van der Waals surface area contributed by atoms with Gasteiger partial charge in [-0.25, -0.2) is 8.78 Å². The average Bonchev–Trinajstić information content (AvgIpc) is 3.60. The van der Waals surface area contributed by atoms with Gasteiger partial charge in [0.15, 0.2) is 5.82 Å². The standard InChI is InChI=1S/C32H34F2N6O3/c1-38-28(24-12-22(41)11-18-5-2-3-6-23(18)24)26(34)27-25(30(38)42)29(40-20-7-8-21(40)15-35-14-20)37-31(36-27)43-17-32-9-4-10-39(32)16-19(33)13-32/h2-3,5-6,11-12,19-21,35,41H,4,7-10,13-17H2,1H3/t19-,20?,21?,32+/m1/s1. The SMILES string of the molecule is Cn1c(-c2cc(O)cc3ccccc23)c(F)c2nc(OC[C@@]34CCCN3C[C@H](F)C4)nc(N3C4CCC3CNC4)c2c1=O. The van der Waals surface area contributed by atoms with Gasteiger partial charge in [0, 0.05) is 50.7 Å². The van der Waals surface area contributed by atoms with Crippen LogP contribution in [-0.4, -0.2) is 81.1 Å². The molecule has 0 aliphatic carbocycles. The molecule has 4 atom stereocenters. The highest BCUT2D eigenvalue weighted by molar-refractivity contribution is 6.00. The number of nitrogens with one attached hydrogen (secondary N) is 1. The Labute approximate surface area is 247 Å². The lowest BCUT2D eigenvalue weighted by atomic mass is 9.95. The van der Waals surface area contributed by atoms with Crippen molar-refractivity contribution in [2.24, 2.45) is 7.05 Å². The Morgan fingerprint density at radius 2 is 1.95 bits per heavy atom. The summed E-state index contributed by atoms with van der Waals surface area (Å²) in [6.45, 7) is 2.89. The summed E-state index contributed by atoms with van der Waals surface area (Å²) in [5.74, 6) is -0.334. The molecule has 2 aromatic carbocycles. The Balaban J connectivity index is 1.33. The maximum atomic E-state index is 16.9. The van der Waals surface area contributed by atoms with Crippen LogP contribution in [0, 0.1) is 5.82 Å². The van der Waals surface area contributed by atoms with Crippen LogP contribution in [0.2, 0.25) is 0 Å². The van der Waals surface area contributed by atoms with E-state index >= 15 is 4.39 Å². The number of ether oxygens (including phenoxy) is 1. The summed E-state index contributed by atoms with van der Waals surface area (Å²) in [6.07, 6.45) is 3.14. The second-order valence-corrected chi connectivity index (χ2v) is 12.6. The monoisotopic (exact) mass is 588 g/mol. The fraction of sp³-hybridized carbons (Fsp3) is 0.469. The molecule has 11 heteroatoms. The van der Waals surface area contributed by atoms with Gasteiger partial charge in [-0.2, -0.15) is 9.97 Å². The van der Waals surface area contributed by atoms with Crippen LogP contribution in [-0.2, 0) is 7.05 Å². The number of nitrogens with zero attached hydrogens (tertiary/aromatic N) is 5. The number of alkyl halides is 1. The Kier molecular flexibility index (Phi) is 6.13. The van der Waals surface area contributed by atoms with E-state index in [9.17, 15) is 14.3 Å². The van der Waals surface area contributed by atoms with Crippen LogP contribution >= 0.6 is 0 Å². The molecule has 4 aromatic rings. The van der Waals surface area contributed by atoms with E-state index in [1.165, 1.54) is 10.6 Å². The number of halogens is 2. The number of phenolic OH excluding ortho intramolecular Hbond substituents is 1. The first kappa shape index (κ1) is 26.8. The molecular weight excluding hydrogens is 554 g/mol. The minimum absolute atomic E-state index is 0.0113. The molecule has 2 N–H and O–H groups in total. The summed E-state index contributed by atoms with van der Waals surface area (Å²) in [5, 5.41) is 15.5. The van der Waals surface area contributed by atoms with Crippen molar-refractivity contribution in [1.29, 1.82) is 0 Å². The summed E-state index contributed by atoms with van der Waals surface area (Å²) in [7, 11) is 1.54. The molecule has 0 amide bonds. The lowest BCUT2D eigenvalue weighted by Gasteiger charge is -2.37. The van der Waals surface area contributed by atoms with Gasteiger partial charge < -0.3 is 24.6 Å². The number of aromatic nitrogens is 3. The van der Waals surface area contributed by atoms with Crippen molar-refractivity contribution in [1.82, 2.24) is 24.8 Å². The maximum Gasteiger partial charge on any atom is 0.319 e. The van der Waals surface area contributed by atoms with Crippen LogP contribution < -0.4 is 20.5 Å². The smallest absolute Gasteiger partial charge is 0.319 e. The Morgan fingerprint density at radius 1 is 1.16 bits per heavy atom. The van der Waals surface area contributed by atoms with E-state index in [0.717, 1.165) is 50.7 Å². The van der Waals surface area contributed by atoms with Crippen molar-refractivity contribution in [2.75, 3.05) is 37.7 Å². The number of fused-ring (bicyclic) bond motifs is 5. The number of hydrogen-bond donors (Lipinski definition) is 2. The van der Waals surface area contributed by atoms with Gasteiger partial charge in [-0.1, -0.05) is 24.3 Å². The van der Waals surface area contributed by atoms with Gasteiger partial charge in [-0.3, -0.25) is 9.69 Å². The zero-order chi connectivity index (χ0) is 29.5. The summed E-state index contributed by atoms with van der Waals surface area (Å²) in [4.78, 5) is 27.8. The van der Waals surface area contributed by atoms with E-state index in [-0.39, 0.29) is 47.0 Å². The molecule has 4 aliphatic rings. The first-order valence-electron chi connectivity index (χ1n) is 15.2. The molecule has 4 saturated heterocycles. The normalized spacial score (nSPS) is 27.0. The van der Waals surface area contributed by atoms with Gasteiger partial charge in [0.05, 0.1) is 11.2 Å². The molecule has 8 rings (SSSR count). The highest BCUT2D eigenvalue weighted by Gasteiger charge is 2.49. The summed E-state index contributed by atoms with van der Waals surface area (Å²) < 4.78 is 38.9. The molecule has 2 unspecified atom stereocenters. The number of hydrogen-bond acceptors (Lipinski definition) is 8. The van der Waals surface area contributed by atoms with Gasteiger partial charge in [0.25, 0.3) is 5.56 Å². The van der Waals surface area contributed by atoms with Crippen molar-refractivity contribution in [3.8, 4) is 23.0 Å². The number of phenols is 1. The Hall–Kier alpha value is -3.83. The molecule has 2 aromatic heterocycles. The van der Waals surface area contributed by atoms with Crippen LogP contribution in [0.3, 0.4) is 0 Å². The highest BCUT2D eigenvalue weighted by atomic mass is 19.1. The number of anilines is 1. The third-order valence-corrected chi connectivity index (χ3v) is 10.1. The van der Waals surface area contributed by atoms with Gasteiger partial charge in [-0.15, -0.1) is 0 Å². The van der Waals surface area contributed by atoms with Crippen molar-refractivity contribution in [3.63, 3.8) is 0 Å². The molecule has 9 nitrogen and oxygen atoms in total. The van der Waals surface area contributed by atoms with Crippen LogP contribution in [0.5, 0.6) is 11.8 Å². The Bertz CT molecular complexity index is 1820. The van der Waals surface area contributed by atoms with Crippen molar-refractivity contribution < 1.29 is 18.6 Å². The molecule has 4 fully saturated rings. The van der Waals surface area contributed by atoms with Crippen LogP contribution in [0.15, 0.2) is 41.2 Å². The minimum atomic E-state index is -0.909. The lowest BCUT2D eigenvalue weighted by Crippen LogP contribution is -2.52. The van der Waals surface area contributed by atoms with E-state index in [1.807, 2.05) is 24.3 Å². The zero-order valence-electron chi connectivity index (χ0n) is 24.0. The van der Waals surface area contributed by atoms with Crippen molar-refractivity contribution >= 4 is 27.5 Å². The first-order valence-corrected chi connectivity index (χ1v) is 15.2. The molecule has 43 heavy (non-hydrogen) atoms. The Morgan fingerprint density at radius 3 is 2.77 bits per heavy atom. The highest BCUT2D eigenvalue weighted by Crippen LogP contribution is 2.42. The van der Waals surface area contributed by atoms with E-state index < -0.39 is 23.1 Å². The third-order valence-electron chi connectivity index (χ3n) is 10.1. The first-order chi connectivity index (χ1) is 20.8. The van der Waals surface area contributed by atoms with Crippen LogP contribution in [0.25, 0.3) is 32.9 Å². The van der Waals surface area contributed by atoms with E-state index in [2.05, 4.69) is 20.1 Å². The molecular formula is C32H34F2N6O3. The summed E-state index contributed by atoms with van der Waals surface area (Å²) in [5.41, 5.74) is -0.544. The fourth-order valence-electron chi connectivity index (χ4n) is 8.13. The zero-order valence-corrected chi connectivity index (χ0v) is 24.0. The van der Waals surface area contributed by atoms with E-state index in [0.29, 0.717) is 29.7 Å². The van der Waals surface area contributed by atoms with Gasteiger partial charge in [0.2, 0.25) is 0 Å². The topological polar surface area (TPSA) is 95.8 Å². The van der Waals surface area contributed by atoms with Crippen LogP contribution in [0.4, 0.5) is 14.6 Å². The fourth-order valence-corrected chi connectivity index (χ4v) is 8.13. The number of benzene rings is 2. The second-order valence-electron chi connectivity index (χ2n) is 12.6.